The Kier molecular flexibility index (Phi) is 6.47. The zero-order valence-corrected chi connectivity index (χ0v) is 15.4. The lowest BCUT2D eigenvalue weighted by Gasteiger charge is -2.23. The minimum Gasteiger partial charge on any atom is -0.347 e. The van der Waals surface area contributed by atoms with Gasteiger partial charge in [0.05, 0.1) is 6.20 Å². The van der Waals surface area contributed by atoms with E-state index in [0.29, 0.717) is 18.3 Å². The molecule has 1 aliphatic rings. The van der Waals surface area contributed by atoms with Crippen LogP contribution in [-0.2, 0) is 13.1 Å². The lowest BCUT2D eigenvalue weighted by Crippen LogP contribution is -2.34. The number of nitrogens with one attached hydrogen (secondary N) is 2. The molecule has 0 unspecified atom stereocenters. The van der Waals surface area contributed by atoms with Gasteiger partial charge in [0.15, 0.2) is 5.69 Å². The third kappa shape index (κ3) is 5.31. The molecule has 0 aliphatic carbocycles. The van der Waals surface area contributed by atoms with Crippen LogP contribution in [0.25, 0.3) is 0 Å². The molecule has 6 nitrogen and oxygen atoms in total. The summed E-state index contributed by atoms with van der Waals surface area (Å²) < 4.78 is 1.76. The smallest absolute Gasteiger partial charge is 0.273 e. The van der Waals surface area contributed by atoms with Crippen molar-refractivity contribution < 1.29 is 4.79 Å². The highest BCUT2D eigenvalue weighted by Crippen LogP contribution is 2.15. The first-order chi connectivity index (χ1) is 12.2. The number of amides is 1. The van der Waals surface area contributed by atoms with Gasteiger partial charge in [-0.2, -0.15) is 0 Å². The zero-order chi connectivity index (χ0) is 17.5. The fourth-order valence-corrected chi connectivity index (χ4v) is 3.51. The highest BCUT2D eigenvalue weighted by Gasteiger charge is 2.14. The maximum atomic E-state index is 12.2. The summed E-state index contributed by atoms with van der Waals surface area (Å²) in [6.45, 7) is 2.38. The standard InChI is InChI=1S/C18H25N5OS/c1-25-16-7-4-5-14(11-16)12-20-18(24)17-13-23(22-21-17)10-8-15-6-2-3-9-19-15/h4-5,7,11,13,15,19H,2-3,6,8-10,12H2,1H3,(H,20,24)/t15-/m0/s1. The van der Waals surface area contributed by atoms with Gasteiger partial charge in [-0.25, -0.2) is 0 Å². The summed E-state index contributed by atoms with van der Waals surface area (Å²) in [7, 11) is 0. The molecule has 2 aromatic rings. The van der Waals surface area contributed by atoms with Gasteiger partial charge in [0, 0.05) is 24.0 Å². The van der Waals surface area contributed by atoms with Crippen molar-refractivity contribution in [1.29, 1.82) is 0 Å². The van der Waals surface area contributed by atoms with Gasteiger partial charge in [0.1, 0.15) is 0 Å². The highest BCUT2D eigenvalue weighted by molar-refractivity contribution is 7.98. The van der Waals surface area contributed by atoms with Crippen molar-refractivity contribution in [3.63, 3.8) is 0 Å². The number of aromatic nitrogens is 3. The van der Waals surface area contributed by atoms with Crippen molar-refractivity contribution in [2.45, 2.75) is 49.7 Å². The molecule has 0 spiro atoms. The van der Waals surface area contributed by atoms with E-state index in [1.807, 2.05) is 18.4 Å². The van der Waals surface area contributed by atoms with Gasteiger partial charge in [0.25, 0.3) is 5.91 Å². The molecular formula is C18H25N5OS. The zero-order valence-electron chi connectivity index (χ0n) is 14.6. The Balaban J connectivity index is 1.48. The first-order valence-electron chi connectivity index (χ1n) is 8.79. The number of benzene rings is 1. The Bertz CT molecular complexity index is 696. The van der Waals surface area contributed by atoms with Gasteiger partial charge in [-0.05, 0) is 49.8 Å². The number of hydrogen-bond donors (Lipinski definition) is 2. The molecule has 0 radical (unpaired) electrons. The van der Waals surface area contributed by atoms with E-state index in [2.05, 4.69) is 33.1 Å². The Labute approximate surface area is 152 Å². The minimum atomic E-state index is -0.184. The molecule has 2 N–H and O–H groups in total. The van der Waals surface area contributed by atoms with Crippen molar-refractivity contribution >= 4 is 17.7 Å². The van der Waals surface area contributed by atoms with Crippen molar-refractivity contribution in [2.24, 2.45) is 0 Å². The number of hydrogen-bond acceptors (Lipinski definition) is 5. The molecule has 2 heterocycles. The Morgan fingerprint density at radius 2 is 2.36 bits per heavy atom. The Morgan fingerprint density at radius 3 is 3.16 bits per heavy atom. The maximum Gasteiger partial charge on any atom is 0.273 e. The number of rotatable bonds is 7. The van der Waals surface area contributed by atoms with Crippen molar-refractivity contribution in [2.75, 3.05) is 12.8 Å². The second kappa shape index (κ2) is 9.01. The summed E-state index contributed by atoms with van der Waals surface area (Å²) >= 11 is 1.69. The summed E-state index contributed by atoms with van der Waals surface area (Å²) in [5.74, 6) is -0.184. The fraction of sp³-hybridized carbons (Fsp3) is 0.500. The van der Waals surface area contributed by atoms with Gasteiger partial charge in [-0.3, -0.25) is 9.48 Å². The summed E-state index contributed by atoms with van der Waals surface area (Å²) in [4.78, 5) is 13.4. The van der Waals surface area contributed by atoms with Crippen LogP contribution in [0.2, 0.25) is 0 Å². The van der Waals surface area contributed by atoms with E-state index < -0.39 is 0 Å². The van der Waals surface area contributed by atoms with E-state index in [0.717, 1.165) is 25.1 Å². The SMILES string of the molecule is CSc1cccc(CNC(=O)c2cn(CC[C@@H]3CCCCN3)nn2)c1. The maximum absolute atomic E-state index is 12.2. The van der Waals surface area contributed by atoms with Crippen molar-refractivity contribution in [1.82, 2.24) is 25.6 Å². The summed E-state index contributed by atoms with van der Waals surface area (Å²) in [5, 5.41) is 14.5. The number of aryl methyl sites for hydroxylation is 1. The third-order valence-electron chi connectivity index (χ3n) is 4.48. The van der Waals surface area contributed by atoms with Gasteiger partial charge in [-0.15, -0.1) is 16.9 Å². The average Bonchev–Trinajstić information content (AvgIpc) is 3.14. The Morgan fingerprint density at radius 1 is 1.44 bits per heavy atom. The van der Waals surface area contributed by atoms with Crippen LogP contribution in [0.3, 0.4) is 0 Å². The first kappa shape index (κ1) is 17.9. The number of carbonyl (C=O) groups excluding carboxylic acids is 1. The number of thioether (sulfide) groups is 1. The van der Waals surface area contributed by atoms with Gasteiger partial charge in [-0.1, -0.05) is 23.8 Å². The molecule has 1 fully saturated rings. The summed E-state index contributed by atoms with van der Waals surface area (Å²) in [6, 6.07) is 8.71. The molecular weight excluding hydrogens is 334 g/mol. The summed E-state index contributed by atoms with van der Waals surface area (Å²) in [5.41, 5.74) is 1.45. The largest absolute Gasteiger partial charge is 0.347 e. The van der Waals surface area contributed by atoms with Crippen LogP contribution < -0.4 is 10.6 Å². The van der Waals surface area contributed by atoms with E-state index >= 15 is 0 Å². The molecule has 1 saturated heterocycles. The van der Waals surface area contributed by atoms with Gasteiger partial charge >= 0.3 is 0 Å². The van der Waals surface area contributed by atoms with Crippen LogP contribution in [0, 0.1) is 0 Å². The predicted molar refractivity (Wildman–Crippen MR) is 99.7 cm³/mol. The normalized spacial score (nSPS) is 17.4. The number of nitrogens with zero attached hydrogens (tertiary/aromatic N) is 3. The number of carbonyl (C=O) groups is 1. The molecule has 0 bridgehead atoms. The monoisotopic (exact) mass is 359 g/mol. The van der Waals surface area contributed by atoms with Crippen molar-refractivity contribution in [3.8, 4) is 0 Å². The lowest BCUT2D eigenvalue weighted by atomic mass is 10.0. The summed E-state index contributed by atoms with van der Waals surface area (Å²) in [6.07, 6.45) is 8.57. The minimum absolute atomic E-state index is 0.184. The molecule has 1 aromatic carbocycles. The fourth-order valence-electron chi connectivity index (χ4n) is 3.03. The molecule has 1 atom stereocenters. The van der Waals surface area contributed by atoms with E-state index in [1.54, 1.807) is 22.6 Å². The molecule has 1 aliphatic heterocycles. The van der Waals surface area contributed by atoms with Crippen LogP contribution in [0.5, 0.6) is 0 Å². The van der Waals surface area contributed by atoms with Crippen LogP contribution in [0.15, 0.2) is 35.4 Å². The molecule has 1 aromatic heterocycles. The van der Waals surface area contributed by atoms with E-state index in [1.165, 1.54) is 24.2 Å². The second-order valence-corrected chi connectivity index (χ2v) is 7.22. The van der Waals surface area contributed by atoms with Gasteiger partial charge in [0.2, 0.25) is 0 Å². The number of piperidine rings is 1. The topological polar surface area (TPSA) is 71.8 Å². The predicted octanol–water partition coefficient (Wildman–Crippen LogP) is 2.46. The van der Waals surface area contributed by atoms with E-state index in [9.17, 15) is 4.79 Å². The molecule has 7 heteroatoms. The molecule has 25 heavy (non-hydrogen) atoms. The average molecular weight is 359 g/mol. The second-order valence-electron chi connectivity index (χ2n) is 6.34. The lowest BCUT2D eigenvalue weighted by molar-refractivity contribution is 0.0946. The van der Waals surface area contributed by atoms with Crippen LogP contribution in [0.1, 0.15) is 41.7 Å². The third-order valence-corrected chi connectivity index (χ3v) is 5.20. The van der Waals surface area contributed by atoms with Crippen LogP contribution >= 0.6 is 11.8 Å². The van der Waals surface area contributed by atoms with Gasteiger partial charge < -0.3 is 10.6 Å². The molecule has 3 rings (SSSR count). The molecule has 1 amide bonds. The Hall–Kier alpha value is -1.86. The quantitative estimate of drug-likeness (QED) is 0.743. The molecule has 0 saturated carbocycles. The highest BCUT2D eigenvalue weighted by atomic mass is 32.2. The van der Waals surface area contributed by atoms with Crippen LogP contribution in [-0.4, -0.2) is 39.7 Å². The first-order valence-corrected chi connectivity index (χ1v) is 10.0. The van der Waals surface area contributed by atoms with E-state index in [-0.39, 0.29) is 5.91 Å². The van der Waals surface area contributed by atoms with Crippen molar-refractivity contribution in [3.05, 3.63) is 41.7 Å². The molecule has 134 valence electrons. The van der Waals surface area contributed by atoms with E-state index in [4.69, 9.17) is 0 Å². The van der Waals surface area contributed by atoms with Crippen LogP contribution in [0.4, 0.5) is 0 Å².